The molecule has 0 bridgehead atoms. The third-order valence-corrected chi connectivity index (χ3v) is 3.46. The molecule has 1 saturated heterocycles. The molecule has 2 rings (SSSR count). The standard InChI is InChI=1S/C11H13F3N2O6/c1-10(21)6(18)5(3-17)22-8(10)16-2-4(11(12,13)14)7(19)15-9(16)20/h2,5-6,8,17-18,21H,3H2,1H3,(H,15,19,20)/t5-,6?,8-,10+/m1/s1. The number of aromatic nitrogens is 2. The fourth-order valence-electron chi connectivity index (χ4n) is 2.25. The van der Waals surface area contributed by atoms with Crippen molar-refractivity contribution in [3.63, 3.8) is 0 Å². The summed E-state index contributed by atoms with van der Waals surface area (Å²) in [7, 11) is 0. The Bertz CT molecular complexity index is 680. The Morgan fingerprint density at radius 3 is 2.50 bits per heavy atom. The number of aromatic amines is 1. The van der Waals surface area contributed by atoms with Gasteiger partial charge in [0.15, 0.2) is 6.23 Å². The first-order valence-electron chi connectivity index (χ1n) is 6.09. The van der Waals surface area contributed by atoms with Crippen LogP contribution in [0.4, 0.5) is 13.2 Å². The molecule has 0 radical (unpaired) electrons. The highest BCUT2D eigenvalue weighted by atomic mass is 19.4. The van der Waals surface area contributed by atoms with Gasteiger partial charge in [-0.1, -0.05) is 0 Å². The van der Waals surface area contributed by atoms with E-state index >= 15 is 0 Å². The maximum Gasteiger partial charge on any atom is 0.423 e. The Morgan fingerprint density at radius 2 is 2.05 bits per heavy atom. The highest BCUT2D eigenvalue weighted by Crippen LogP contribution is 2.37. The second kappa shape index (κ2) is 5.19. The molecule has 0 aromatic carbocycles. The Morgan fingerprint density at radius 1 is 1.45 bits per heavy atom. The van der Waals surface area contributed by atoms with Crippen LogP contribution in [-0.2, 0) is 10.9 Å². The number of alkyl halides is 3. The normalized spacial score (nSPS) is 32.4. The third-order valence-electron chi connectivity index (χ3n) is 3.46. The molecule has 124 valence electrons. The van der Waals surface area contributed by atoms with E-state index in [-0.39, 0.29) is 6.20 Å². The molecule has 1 aromatic heterocycles. The Labute approximate surface area is 120 Å². The van der Waals surface area contributed by atoms with Gasteiger partial charge in [0.2, 0.25) is 0 Å². The molecule has 0 spiro atoms. The first-order valence-corrected chi connectivity index (χ1v) is 6.09. The van der Waals surface area contributed by atoms with E-state index < -0.39 is 53.6 Å². The molecule has 11 heteroatoms. The Balaban J connectivity index is 2.59. The molecular formula is C11H13F3N2O6. The maximum atomic E-state index is 12.7. The smallest absolute Gasteiger partial charge is 0.394 e. The summed E-state index contributed by atoms with van der Waals surface area (Å²) in [6.45, 7) is 0.306. The largest absolute Gasteiger partial charge is 0.423 e. The number of aliphatic hydroxyl groups is 3. The van der Waals surface area contributed by atoms with Crippen LogP contribution in [-0.4, -0.2) is 49.3 Å². The third kappa shape index (κ3) is 2.56. The second-order valence-corrected chi connectivity index (χ2v) is 5.09. The van der Waals surface area contributed by atoms with Gasteiger partial charge < -0.3 is 20.1 Å². The van der Waals surface area contributed by atoms with Gasteiger partial charge in [0.1, 0.15) is 23.4 Å². The van der Waals surface area contributed by atoms with Gasteiger partial charge in [-0.3, -0.25) is 14.3 Å². The number of nitrogens with one attached hydrogen (secondary N) is 1. The Kier molecular flexibility index (Phi) is 3.94. The van der Waals surface area contributed by atoms with Crippen molar-refractivity contribution < 1.29 is 33.2 Å². The summed E-state index contributed by atoms with van der Waals surface area (Å²) < 4.78 is 43.6. The van der Waals surface area contributed by atoms with E-state index in [1.54, 1.807) is 0 Å². The van der Waals surface area contributed by atoms with Crippen molar-refractivity contribution >= 4 is 0 Å². The average molecular weight is 326 g/mol. The second-order valence-electron chi connectivity index (χ2n) is 5.09. The highest BCUT2D eigenvalue weighted by molar-refractivity contribution is 5.11. The van der Waals surface area contributed by atoms with Gasteiger partial charge in [0, 0.05) is 6.20 Å². The maximum absolute atomic E-state index is 12.7. The minimum Gasteiger partial charge on any atom is -0.394 e. The minimum absolute atomic E-state index is 0.201. The molecule has 1 unspecified atom stereocenters. The number of H-pyrrole nitrogens is 1. The van der Waals surface area contributed by atoms with E-state index in [4.69, 9.17) is 9.84 Å². The molecule has 1 aliphatic heterocycles. The van der Waals surface area contributed by atoms with Crippen LogP contribution in [0.2, 0.25) is 0 Å². The number of nitrogens with zero attached hydrogens (tertiary/aromatic N) is 1. The lowest BCUT2D eigenvalue weighted by Gasteiger charge is -2.27. The van der Waals surface area contributed by atoms with Crippen LogP contribution < -0.4 is 11.2 Å². The summed E-state index contributed by atoms with van der Waals surface area (Å²) in [4.78, 5) is 24.4. The van der Waals surface area contributed by atoms with Crippen LogP contribution in [0.3, 0.4) is 0 Å². The molecule has 1 fully saturated rings. The molecule has 0 aliphatic carbocycles. The summed E-state index contributed by atoms with van der Waals surface area (Å²) >= 11 is 0. The highest BCUT2D eigenvalue weighted by Gasteiger charge is 2.53. The van der Waals surface area contributed by atoms with E-state index in [2.05, 4.69) is 0 Å². The topological polar surface area (TPSA) is 125 Å². The van der Waals surface area contributed by atoms with E-state index in [0.29, 0.717) is 4.57 Å². The number of ether oxygens (including phenoxy) is 1. The van der Waals surface area contributed by atoms with Crippen LogP contribution in [0.15, 0.2) is 15.8 Å². The van der Waals surface area contributed by atoms with Crippen molar-refractivity contribution in [1.29, 1.82) is 0 Å². The van der Waals surface area contributed by atoms with E-state index in [9.17, 15) is 33.0 Å². The van der Waals surface area contributed by atoms with Crippen LogP contribution in [0.1, 0.15) is 18.7 Å². The molecule has 1 aliphatic rings. The van der Waals surface area contributed by atoms with Crippen LogP contribution >= 0.6 is 0 Å². The van der Waals surface area contributed by atoms with Crippen molar-refractivity contribution in [1.82, 2.24) is 9.55 Å². The van der Waals surface area contributed by atoms with Crippen molar-refractivity contribution in [3.05, 3.63) is 32.6 Å². The zero-order valence-electron chi connectivity index (χ0n) is 11.2. The van der Waals surface area contributed by atoms with Crippen LogP contribution in [0, 0.1) is 0 Å². The number of hydrogen-bond donors (Lipinski definition) is 4. The molecule has 0 saturated carbocycles. The van der Waals surface area contributed by atoms with Gasteiger partial charge in [-0.2, -0.15) is 13.2 Å². The van der Waals surface area contributed by atoms with Crippen LogP contribution in [0.5, 0.6) is 0 Å². The van der Waals surface area contributed by atoms with Crippen molar-refractivity contribution in [2.75, 3.05) is 6.61 Å². The van der Waals surface area contributed by atoms with Gasteiger partial charge in [-0.15, -0.1) is 0 Å². The average Bonchev–Trinajstić information content (AvgIpc) is 2.60. The van der Waals surface area contributed by atoms with Crippen molar-refractivity contribution in [2.45, 2.75) is 37.1 Å². The summed E-state index contributed by atoms with van der Waals surface area (Å²) in [6, 6.07) is 0. The lowest BCUT2D eigenvalue weighted by atomic mass is 9.96. The van der Waals surface area contributed by atoms with Gasteiger partial charge in [-0.05, 0) is 6.92 Å². The molecule has 4 N–H and O–H groups in total. The monoisotopic (exact) mass is 326 g/mol. The predicted molar refractivity (Wildman–Crippen MR) is 64.0 cm³/mol. The molecule has 4 atom stereocenters. The van der Waals surface area contributed by atoms with Gasteiger partial charge in [0.25, 0.3) is 5.56 Å². The van der Waals surface area contributed by atoms with Crippen LogP contribution in [0.25, 0.3) is 0 Å². The molecular weight excluding hydrogens is 313 g/mol. The van der Waals surface area contributed by atoms with E-state index in [0.717, 1.165) is 6.92 Å². The number of hydrogen-bond acceptors (Lipinski definition) is 6. The summed E-state index contributed by atoms with van der Waals surface area (Å²) in [5.74, 6) is 0. The fourth-order valence-corrected chi connectivity index (χ4v) is 2.25. The SMILES string of the molecule is C[C@]1(O)C(O)[C@@H](CO)O[C@H]1n1cc(C(F)(F)F)c(=O)[nH]c1=O. The first kappa shape index (κ1) is 16.7. The summed E-state index contributed by atoms with van der Waals surface area (Å²) in [6.07, 6.45) is -9.48. The Hall–Kier alpha value is -1.69. The number of aliphatic hydroxyl groups excluding tert-OH is 2. The molecule has 0 amide bonds. The molecule has 22 heavy (non-hydrogen) atoms. The quantitative estimate of drug-likeness (QED) is 0.527. The summed E-state index contributed by atoms with van der Waals surface area (Å²) in [5.41, 5.74) is -6.70. The van der Waals surface area contributed by atoms with E-state index in [1.165, 1.54) is 4.98 Å². The summed E-state index contributed by atoms with van der Waals surface area (Å²) in [5, 5.41) is 28.9. The number of halogens is 3. The number of rotatable bonds is 2. The minimum atomic E-state index is -5.03. The first-order chi connectivity index (χ1) is 10.00. The zero-order valence-corrected chi connectivity index (χ0v) is 11.2. The zero-order chi connectivity index (χ0) is 16.9. The molecule has 8 nitrogen and oxygen atoms in total. The predicted octanol–water partition coefficient (Wildman–Crippen LogP) is -1.44. The van der Waals surface area contributed by atoms with Crippen molar-refractivity contribution in [3.8, 4) is 0 Å². The van der Waals surface area contributed by atoms with Gasteiger partial charge >= 0.3 is 11.9 Å². The fraction of sp³-hybridized carbons (Fsp3) is 0.636. The molecule has 2 heterocycles. The molecule has 1 aromatic rings. The van der Waals surface area contributed by atoms with Crippen molar-refractivity contribution in [2.24, 2.45) is 0 Å². The van der Waals surface area contributed by atoms with Gasteiger partial charge in [0.05, 0.1) is 6.61 Å². The lowest BCUT2D eigenvalue weighted by molar-refractivity contribution is -0.140. The lowest BCUT2D eigenvalue weighted by Crippen LogP contribution is -2.47. The van der Waals surface area contributed by atoms with Gasteiger partial charge in [-0.25, -0.2) is 4.79 Å². The van der Waals surface area contributed by atoms with E-state index in [1.807, 2.05) is 0 Å².